The van der Waals surface area contributed by atoms with E-state index in [2.05, 4.69) is 10.2 Å². The van der Waals surface area contributed by atoms with Gasteiger partial charge in [0, 0.05) is 5.56 Å². The van der Waals surface area contributed by atoms with Crippen molar-refractivity contribution in [2.45, 2.75) is 10.4 Å². The van der Waals surface area contributed by atoms with Gasteiger partial charge in [0.15, 0.2) is 11.0 Å². The molecule has 1 amide bonds. The maximum atomic E-state index is 13.8. The summed E-state index contributed by atoms with van der Waals surface area (Å²) in [5, 5.41) is 8.32. The van der Waals surface area contributed by atoms with E-state index >= 15 is 0 Å². The van der Waals surface area contributed by atoms with Gasteiger partial charge in [0.25, 0.3) is 0 Å². The van der Waals surface area contributed by atoms with Crippen molar-refractivity contribution in [1.82, 2.24) is 14.8 Å². The number of carbonyl (C=O) groups excluding carboxylic acids is 1. The molecule has 0 spiro atoms. The molecule has 1 aromatic heterocycles. The number of aromatic nitrogens is 3. The van der Waals surface area contributed by atoms with Crippen LogP contribution in [0, 0.1) is 5.82 Å². The summed E-state index contributed by atoms with van der Waals surface area (Å²) in [6, 6.07) is 20.8. The zero-order chi connectivity index (χ0) is 22.7. The number of halogens is 2. The topological polar surface area (TPSA) is 83.0 Å². The van der Waals surface area contributed by atoms with E-state index in [-0.39, 0.29) is 5.02 Å². The molecule has 4 rings (SSSR count). The molecule has 1 unspecified atom stereocenters. The summed E-state index contributed by atoms with van der Waals surface area (Å²) in [5.41, 5.74) is 7.73. The Labute approximate surface area is 193 Å². The van der Waals surface area contributed by atoms with Gasteiger partial charge >= 0.3 is 0 Å². The Morgan fingerprint density at radius 3 is 2.44 bits per heavy atom. The van der Waals surface area contributed by atoms with Crippen molar-refractivity contribution >= 4 is 29.3 Å². The Kier molecular flexibility index (Phi) is 6.43. The summed E-state index contributed by atoms with van der Waals surface area (Å²) < 4.78 is 20.8. The van der Waals surface area contributed by atoms with Gasteiger partial charge in [-0.1, -0.05) is 53.7 Å². The highest BCUT2D eigenvalue weighted by Crippen LogP contribution is 2.37. The van der Waals surface area contributed by atoms with Crippen LogP contribution < -0.4 is 10.5 Å². The van der Waals surface area contributed by atoms with Crippen LogP contribution in [0.2, 0.25) is 5.02 Å². The Morgan fingerprint density at radius 2 is 1.81 bits per heavy atom. The average molecular weight is 469 g/mol. The Morgan fingerprint density at radius 1 is 1.09 bits per heavy atom. The second-order valence-corrected chi connectivity index (χ2v) is 8.26. The third-order valence-electron chi connectivity index (χ3n) is 4.73. The second-order valence-electron chi connectivity index (χ2n) is 6.78. The number of hydrogen-bond donors (Lipinski definition) is 1. The molecule has 32 heavy (non-hydrogen) atoms. The van der Waals surface area contributed by atoms with Crippen LogP contribution >= 0.6 is 23.4 Å². The number of methoxy groups -OCH3 is 1. The molecular weight excluding hydrogens is 451 g/mol. The molecule has 1 atom stereocenters. The van der Waals surface area contributed by atoms with Crippen LogP contribution in [0.1, 0.15) is 10.8 Å². The first kappa shape index (κ1) is 21.9. The molecule has 4 aromatic rings. The van der Waals surface area contributed by atoms with Crippen LogP contribution in [0.15, 0.2) is 78.0 Å². The molecule has 162 valence electrons. The fourth-order valence-corrected chi connectivity index (χ4v) is 4.33. The van der Waals surface area contributed by atoms with Gasteiger partial charge in [0.05, 0.1) is 17.8 Å². The van der Waals surface area contributed by atoms with Crippen LogP contribution in [0.4, 0.5) is 4.39 Å². The minimum atomic E-state index is -0.696. The van der Waals surface area contributed by atoms with E-state index in [4.69, 9.17) is 22.1 Å². The van der Waals surface area contributed by atoms with Crippen LogP contribution in [-0.4, -0.2) is 27.8 Å². The van der Waals surface area contributed by atoms with Gasteiger partial charge in [-0.05, 0) is 48.0 Å². The van der Waals surface area contributed by atoms with E-state index in [9.17, 15) is 9.18 Å². The predicted molar refractivity (Wildman–Crippen MR) is 123 cm³/mol. The van der Waals surface area contributed by atoms with Gasteiger partial charge < -0.3 is 10.5 Å². The summed E-state index contributed by atoms with van der Waals surface area (Å²) in [4.78, 5) is 12.3. The normalized spacial score (nSPS) is 11.8. The fourth-order valence-electron chi connectivity index (χ4n) is 3.15. The number of rotatable bonds is 7. The fraction of sp³-hybridized carbons (Fsp3) is 0.0870. The van der Waals surface area contributed by atoms with Crippen LogP contribution in [0.25, 0.3) is 17.1 Å². The molecule has 1 heterocycles. The molecule has 6 nitrogen and oxygen atoms in total. The third-order valence-corrected chi connectivity index (χ3v) is 6.23. The predicted octanol–water partition coefficient (Wildman–Crippen LogP) is 5.05. The maximum absolute atomic E-state index is 13.8. The van der Waals surface area contributed by atoms with Gasteiger partial charge in [-0.15, -0.1) is 10.2 Å². The minimum absolute atomic E-state index is 0.0395. The molecule has 0 fully saturated rings. The van der Waals surface area contributed by atoms with Crippen molar-refractivity contribution in [2.75, 3.05) is 7.11 Å². The molecule has 0 aliphatic carbocycles. The number of primary amides is 1. The van der Waals surface area contributed by atoms with Crippen molar-refractivity contribution in [3.05, 3.63) is 89.2 Å². The summed E-state index contributed by atoms with van der Waals surface area (Å²) in [7, 11) is 1.58. The number of hydrogen-bond acceptors (Lipinski definition) is 5. The van der Waals surface area contributed by atoms with Crippen molar-refractivity contribution < 1.29 is 13.9 Å². The number of nitrogens with two attached hydrogens (primary N) is 1. The Hall–Kier alpha value is -3.36. The summed E-state index contributed by atoms with van der Waals surface area (Å²) in [6.07, 6.45) is 0. The molecule has 0 saturated carbocycles. The first-order valence-electron chi connectivity index (χ1n) is 9.54. The average Bonchev–Trinajstić information content (AvgIpc) is 3.23. The van der Waals surface area contributed by atoms with E-state index in [1.807, 2.05) is 42.5 Å². The van der Waals surface area contributed by atoms with Crippen molar-refractivity contribution in [1.29, 1.82) is 0 Å². The quantitative estimate of drug-likeness (QED) is 0.383. The number of nitrogens with zero attached hydrogens (tertiary/aromatic N) is 3. The van der Waals surface area contributed by atoms with Crippen LogP contribution in [0.5, 0.6) is 5.75 Å². The summed E-state index contributed by atoms with van der Waals surface area (Å²) >= 11 is 7.20. The van der Waals surface area contributed by atoms with Crippen LogP contribution in [-0.2, 0) is 4.79 Å². The van der Waals surface area contributed by atoms with Crippen molar-refractivity contribution in [2.24, 2.45) is 5.73 Å². The van der Waals surface area contributed by atoms with Crippen molar-refractivity contribution in [3.63, 3.8) is 0 Å². The molecule has 0 aliphatic rings. The highest BCUT2D eigenvalue weighted by atomic mass is 35.5. The lowest BCUT2D eigenvalue weighted by Crippen LogP contribution is -2.19. The second kappa shape index (κ2) is 9.42. The summed E-state index contributed by atoms with van der Waals surface area (Å²) in [5.74, 6) is 0.132. The SMILES string of the molecule is COc1ccc(-c2nnc(SC(C(N)=O)c3ccccc3)n2-c2ccc(F)c(Cl)c2)cc1. The zero-order valence-electron chi connectivity index (χ0n) is 16.9. The monoisotopic (exact) mass is 468 g/mol. The van der Waals surface area contributed by atoms with Gasteiger partial charge in [-0.2, -0.15) is 0 Å². The smallest absolute Gasteiger partial charge is 0.235 e. The molecule has 3 aromatic carbocycles. The third kappa shape index (κ3) is 4.46. The molecule has 0 aliphatic heterocycles. The standard InChI is InChI=1S/C23H18ClFN4O2S/c1-31-17-10-7-15(8-11-17)22-27-28-23(29(22)16-9-12-19(25)18(24)13-16)32-20(21(26)30)14-5-3-2-4-6-14/h2-13,20H,1H3,(H2,26,30). The lowest BCUT2D eigenvalue weighted by Gasteiger charge is -2.15. The van der Waals surface area contributed by atoms with Crippen molar-refractivity contribution in [3.8, 4) is 22.8 Å². The Balaban J connectivity index is 1.84. The number of benzene rings is 3. The molecule has 9 heteroatoms. The molecule has 0 saturated heterocycles. The Bertz CT molecular complexity index is 1250. The zero-order valence-corrected chi connectivity index (χ0v) is 18.5. The molecule has 2 N–H and O–H groups in total. The minimum Gasteiger partial charge on any atom is -0.497 e. The van der Waals surface area contributed by atoms with E-state index in [0.29, 0.717) is 22.4 Å². The lowest BCUT2D eigenvalue weighted by molar-refractivity contribution is -0.117. The van der Waals surface area contributed by atoms with E-state index in [0.717, 1.165) is 22.9 Å². The highest BCUT2D eigenvalue weighted by Gasteiger charge is 2.25. The maximum Gasteiger partial charge on any atom is 0.235 e. The van der Waals surface area contributed by atoms with E-state index in [1.54, 1.807) is 29.9 Å². The number of carbonyl (C=O) groups is 1. The van der Waals surface area contributed by atoms with Gasteiger partial charge in [-0.25, -0.2) is 4.39 Å². The molecule has 0 radical (unpaired) electrons. The number of thioether (sulfide) groups is 1. The van der Waals surface area contributed by atoms with E-state index in [1.165, 1.54) is 12.1 Å². The van der Waals surface area contributed by atoms with Crippen LogP contribution in [0.3, 0.4) is 0 Å². The summed E-state index contributed by atoms with van der Waals surface area (Å²) in [6.45, 7) is 0. The highest BCUT2D eigenvalue weighted by molar-refractivity contribution is 8.00. The largest absolute Gasteiger partial charge is 0.497 e. The van der Waals surface area contributed by atoms with Gasteiger partial charge in [-0.3, -0.25) is 9.36 Å². The molecular formula is C23H18ClFN4O2S. The molecule has 0 bridgehead atoms. The number of ether oxygens (including phenoxy) is 1. The lowest BCUT2D eigenvalue weighted by atomic mass is 10.1. The van der Waals surface area contributed by atoms with Gasteiger partial charge in [0.1, 0.15) is 16.8 Å². The van der Waals surface area contributed by atoms with Gasteiger partial charge in [0.2, 0.25) is 5.91 Å². The van der Waals surface area contributed by atoms with E-state index < -0.39 is 17.0 Å². The first-order valence-corrected chi connectivity index (χ1v) is 10.8. The number of amides is 1. The first-order chi connectivity index (χ1) is 15.5.